The van der Waals surface area contributed by atoms with Gasteiger partial charge in [-0.15, -0.1) is 11.8 Å². The van der Waals surface area contributed by atoms with E-state index < -0.39 is 0 Å². The molecule has 0 saturated carbocycles. The SMILES string of the molecule is O=C(CSCc1ccccc1Cl)NCCn1cccn1. The maximum absolute atomic E-state index is 11.7. The third-order valence-corrected chi connectivity index (χ3v) is 4.02. The van der Waals surface area contributed by atoms with Crippen LogP contribution >= 0.6 is 23.4 Å². The Morgan fingerprint density at radius 3 is 2.95 bits per heavy atom. The third kappa shape index (κ3) is 4.90. The molecule has 106 valence electrons. The average molecular weight is 310 g/mol. The van der Waals surface area contributed by atoms with Gasteiger partial charge in [0.1, 0.15) is 0 Å². The van der Waals surface area contributed by atoms with Crippen molar-refractivity contribution in [1.29, 1.82) is 0 Å². The van der Waals surface area contributed by atoms with Crippen LogP contribution in [0.3, 0.4) is 0 Å². The summed E-state index contributed by atoms with van der Waals surface area (Å²) in [5, 5.41) is 7.69. The Morgan fingerprint density at radius 1 is 1.35 bits per heavy atom. The van der Waals surface area contributed by atoms with E-state index >= 15 is 0 Å². The lowest BCUT2D eigenvalue weighted by Gasteiger charge is -2.06. The summed E-state index contributed by atoms with van der Waals surface area (Å²) in [6.07, 6.45) is 3.60. The first kappa shape index (κ1) is 14.9. The van der Waals surface area contributed by atoms with E-state index in [9.17, 15) is 4.79 Å². The zero-order valence-corrected chi connectivity index (χ0v) is 12.5. The van der Waals surface area contributed by atoms with E-state index in [1.165, 1.54) is 0 Å². The molecule has 0 saturated heterocycles. The monoisotopic (exact) mass is 309 g/mol. The molecule has 1 aromatic heterocycles. The first-order chi connectivity index (χ1) is 9.75. The van der Waals surface area contributed by atoms with Crippen molar-refractivity contribution in [2.45, 2.75) is 12.3 Å². The van der Waals surface area contributed by atoms with Crippen molar-refractivity contribution in [3.63, 3.8) is 0 Å². The van der Waals surface area contributed by atoms with Crippen LogP contribution in [0.5, 0.6) is 0 Å². The Kier molecular flexibility index (Phi) is 5.95. The smallest absolute Gasteiger partial charge is 0.230 e. The number of amides is 1. The molecule has 2 rings (SSSR count). The fourth-order valence-corrected chi connectivity index (χ4v) is 2.81. The summed E-state index contributed by atoms with van der Waals surface area (Å²) in [6.45, 7) is 1.28. The normalized spacial score (nSPS) is 10.4. The van der Waals surface area contributed by atoms with E-state index in [2.05, 4.69) is 10.4 Å². The van der Waals surface area contributed by atoms with Crippen molar-refractivity contribution in [2.75, 3.05) is 12.3 Å². The molecule has 0 fully saturated rings. The first-order valence-electron chi connectivity index (χ1n) is 6.31. The van der Waals surface area contributed by atoms with Gasteiger partial charge in [-0.25, -0.2) is 0 Å². The van der Waals surface area contributed by atoms with Crippen LogP contribution in [0.2, 0.25) is 5.02 Å². The highest BCUT2D eigenvalue weighted by Gasteiger charge is 2.03. The maximum atomic E-state index is 11.7. The zero-order valence-electron chi connectivity index (χ0n) is 11.0. The molecule has 4 nitrogen and oxygen atoms in total. The number of hydrogen-bond donors (Lipinski definition) is 1. The Labute approximate surface area is 127 Å². The Hall–Kier alpha value is -1.46. The summed E-state index contributed by atoms with van der Waals surface area (Å²) in [6, 6.07) is 9.55. The van der Waals surface area contributed by atoms with Gasteiger partial charge in [-0.1, -0.05) is 29.8 Å². The van der Waals surface area contributed by atoms with Crippen LogP contribution in [-0.2, 0) is 17.1 Å². The fraction of sp³-hybridized carbons (Fsp3) is 0.286. The number of aromatic nitrogens is 2. The highest BCUT2D eigenvalue weighted by molar-refractivity contribution is 7.99. The lowest BCUT2D eigenvalue weighted by Crippen LogP contribution is -2.28. The number of nitrogens with zero attached hydrogens (tertiary/aromatic N) is 2. The molecule has 0 aliphatic heterocycles. The maximum Gasteiger partial charge on any atom is 0.230 e. The quantitative estimate of drug-likeness (QED) is 0.855. The second-order valence-electron chi connectivity index (χ2n) is 4.20. The molecule has 0 bridgehead atoms. The number of benzene rings is 1. The Balaban J connectivity index is 1.62. The highest BCUT2D eigenvalue weighted by Crippen LogP contribution is 2.20. The number of carbonyl (C=O) groups is 1. The van der Waals surface area contributed by atoms with Gasteiger partial charge in [-0.05, 0) is 17.7 Å². The number of rotatable bonds is 7. The van der Waals surface area contributed by atoms with Gasteiger partial charge in [0.25, 0.3) is 0 Å². The molecule has 6 heteroatoms. The van der Waals surface area contributed by atoms with Crippen molar-refractivity contribution in [3.8, 4) is 0 Å². The molecule has 0 aliphatic carbocycles. The second-order valence-corrected chi connectivity index (χ2v) is 5.60. The van der Waals surface area contributed by atoms with Crippen LogP contribution in [0, 0.1) is 0 Å². The summed E-state index contributed by atoms with van der Waals surface area (Å²) in [5.74, 6) is 1.21. The van der Waals surface area contributed by atoms with Gasteiger partial charge < -0.3 is 5.32 Å². The molecule has 1 amide bonds. The van der Waals surface area contributed by atoms with Crippen LogP contribution in [0.15, 0.2) is 42.7 Å². The minimum atomic E-state index is 0.0363. The third-order valence-electron chi connectivity index (χ3n) is 2.67. The van der Waals surface area contributed by atoms with Gasteiger partial charge in [-0.2, -0.15) is 5.10 Å². The van der Waals surface area contributed by atoms with Gasteiger partial charge in [0.15, 0.2) is 0 Å². The molecule has 20 heavy (non-hydrogen) atoms. The van der Waals surface area contributed by atoms with E-state index in [0.717, 1.165) is 16.3 Å². The van der Waals surface area contributed by atoms with E-state index in [0.29, 0.717) is 18.8 Å². The molecular weight excluding hydrogens is 294 g/mol. The van der Waals surface area contributed by atoms with Crippen LogP contribution in [0.4, 0.5) is 0 Å². The number of nitrogens with one attached hydrogen (secondary N) is 1. The van der Waals surface area contributed by atoms with Crippen LogP contribution in [0.25, 0.3) is 0 Å². The second kappa shape index (κ2) is 7.97. The van der Waals surface area contributed by atoms with E-state index in [1.54, 1.807) is 22.6 Å². The van der Waals surface area contributed by atoms with E-state index in [1.807, 2.05) is 36.5 Å². The molecule has 0 radical (unpaired) electrons. The van der Waals surface area contributed by atoms with E-state index in [4.69, 9.17) is 11.6 Å². The van der Waals surface area contributed by atoms with Crippen LogP contribution in [0.1, 0.15) is 5.56 Å². The minimum absolute atomic E-state index is 0.0363. The number of halogens is 1. The van der Waals surface area contributed by atoms with Crippen molar-refractivity contribution in [1.82, 2.24) is 15.1 Å². The minimum Gasteiger partial charge on any atom is -0.354 e. The summed E-state index contributed by atoms with van der Waals surface area (Å²) in [5.41, 5.74) is 1.06. The highest BCUT2D eigenvalue weighted by atomic mass is 35.5. The van der Waals surface area contributed by atoms with Gasteiger partial charge in [0.05, 0.1) is 12.3 Å². The van der Waals surface area contributed by atoms with E-state index in [-0.39, 0.29) is 5.91 Å². The Bertz CT molecular complexity index is 545. The Morgan fingerprint density at radius 2 is 2.20 bits per heavy atom. The molecule has 0 unspecified atom stereocenters. The number of carbonyl (C=O) groups excluding carboxylic acids is 1. The predicted octanol–water partition coefficient (Wildman–Crippen LogP) is 2.59. The summed E-state index contributed by atoms with van der Waals surface area (Å²) < 4.78 is 1.79. The topological polar surface area (TPSA) is 46.9 Å². The number of thioether (sulfide) groups is 1. The predicted molar refractivity (Wildman–Crippen MR) is 82.9 cm³/mol. The lowest BCUT2D eigenvalue weighted by atomic mass is 10.2. The first-order valence-corrected chi connectivity index (χ1v) is 7.84. The largest absolute Gasteiger partial charge is 0.354 e. The summed E-state index contributed by atoms with van der Waals surface area (Å²) in [4.78, 5) is 11.7. The average Bonchev–Trinajstić information content (AvgIpc) is 2.94. The zero-order chi connectivity index (χ0) is 14.2. The van der Waals surface area contributed by atoms with Gasteiger partial charge in [-0.3, -0.25) is 9.48 Å². The molecule has 2 aromatic rings. The summed E-state index contributed by atoms with van der Waals surface area (Å²) in [7, 11) is 0. The molecule has 1 aromatic carbocycles. The number of hydrogen-bond acceptors (Lipinski definition) is 3. The van der Waals surface area contributed by atoms with Crippen molar-refractivity contribution in [3.05, 3.63) is 53.3 Å². The van der Waals surface area contributed by atoms with Crippen LogP contribution < -0.4 is 5.32 Å². The van der Waals surface area contributed by atoms with Crippen molar-refractivity contribution < 1.29 is 4.79 Å². The fourth-order valence-electron chi connectivity index (χ4n) is 1.66. The molecule has 0 spiro atoms. The van der Waals surface area contributed by atoms with Gasteiger partial charge >= 0.3 is 0 Å². The molecular formula is C14H16ClN3OS. The van der Waals surface area contributed by atoms with Gasteiger partial charge in [0, 0.05) is 29.7 Å². The van der Waals surface area contributed by atoms with Gasteiger partial charge in [0.2, 0.25) is 5.91 Å². The molecule has 0 atom stereocenters. The van der Waals surface area contributed by atoms with Crippen LogP contribution in [-0.4, -0.2) is 28.0 Å². The van der Waals surface area contributed by atoms with Crippen molar-refractivity contribution >= 4 is 29.3 Å². The standard InChI is InChI=1S/C14H16ClN3OS/c15-13-5-2-1-4-12(13)10-20-11-14(19)16-7-9-18-8-3-6-17-18/h1-6,8H,7,9-11H2,(H,16,19). The molecule has 0 aliphatic rings. The summed E-state index contributed by atoms with van der Waals surface area (Å²) >= 11 is 7.61. The van der Waals surface area contributed by atoms with Crippen molar-refractivity contribution in [2.24, 2.45) is 0 Å². The molecule has 1 heterocycles. The lowest BCUT2D eigenvalue weighted by molar-refractivity contribution is -0.118. The molecule has 1 N–H and O–H groups in total.